The van der Waals surface area contributed by atoms with Gasteiger partial charge in [0.1, 0.15) is 0 Å². The molecule has 6 nitrogen and oxygen atoms in total. The quantitative estimate of drug-likeness (QED) is 0.849. The first-order chi connectivity index (χ1) is 9.54. The number of carbonyl (C=O) groups excluding carboxylic acids is 1. The summed E-state index contributed by atoms with van der Waals surface area (Å²) in [6.45, 7) is 8.24. The highest BCUT2D eigenvalue weighted by Gasteiger charge is 2.21. The minimum absolute atomic E-state index is 0.111. The molecule has 0 aliphatic carbocycles. The fraction of sp³-hybridized carbons (Fsp3) is 0.786. The van der Waals surface area contributed by atoms with Crippen LogP contribution in [-0.4, -0.2) is 39.5 Å². The van der Waals surface area contributed by atoms with Crippen LogP contribution in [0.1, 0.15) is 50.5 Å². The molecule has 20 heavy (non-hydrogen) atoms. The molecule has 0 saturated carbocycles. The third kappa shape index (κ3) is 4.30. The van der Waals surface area contributed by atoms with Gasteiger partial charge in [-0.1, -0.05) is 19.1 Å². The van der Waals surface area contributed by atoms with E-state index in [-0.39, 0.29) is 11.9 Å². The summed E-state index contributed by atoms with van der Waals surface area (Å²) in [6.07, 6.45) is 4.71. The largest absolute Gasteiger partial charge is 0.348 e. The maximum Gasteiger partial charge on any atom is 0.273 e. The Morgan fingerprint density at radius 2 is 2.40 bits per heavy atom. The molecule has 112 valence electrons. The van der Waals surface area contributed by atoms with Crippen LogP contribution in [0.5, 0.6) is 0 Å². The Kier molecular flexibility index (Phi) is 5.11. The van der Waals surface area contributed by atoms with Crippen molar-refractivity contribution in [1.82, 2.24) is 25.6 Å². The molecular weight excluding hydrogens is 254 g/mol. The minimum atomic E-state index is -0.111. The summed E-state index contributed by atoms with van der Waals surface area (Å²) in [5.74, 6) is 0.507. The molecule has 2 rings (SSSR count). The van der Waals surface area contributed by atoms with Crippen LogP contribution in [0, 0.1) is 5.92 Å². The van der Waals surface area contributed by atoms with Gasteiger partial charge in [0.05, 0.1) is 6.20 Å². The summed E-state index contributed by atoms with van der Waals surface area (Å²) in [7, 11) is 0. The summed E-state index contributed by atoms with van der Waals surface area (Å²) in [5.41, 5.74) is 0.417. The van der Waals surface area contributed by atoms with Gasteiger partial charge in [0.25, 0.3) is 5.91 Å². The van der Waals surface area contributed by atoms with Gasteiger partial charge in [0.2, 0.25) is 0 Å². The first kappa shape index (κ1) is 15.0. The fourth-order valence-electron chi connectivity index (χ4n) is 2.42. The number of piperidine rings is 1. The van der Waals surface area contributed by atoms with E-state index in [4.69, 9.17) is 0 Å². The second-order valence-corrected chi connectivity index (χ2v) is 6.10. The van der Waals surface area contributed by atoms with E-state index in [9.17, 15) is 4.79 Å². The van der Waals surface area contributed by atoms with Crippen LogP contribution >= 0.6 is 0 Å². The molecule has 6 heteroatoms. The van der Waals surface area contributed by atoms with Crippen molar-refractivity contribution in [3.05, 3.63) is 11.9 Å². The SMILES string of the molecule is CC(C)CCn1cc(C(=O)NC2CCNC(C)C2)nn1. The van der Waals surface area contributed by atoms with Crippen molar-refractivity contribution in [2.45, 2.75) is 58.7 Å². The highest BCUT2D eigenvalue weighted by molar-refractivity contribution is 5.92. The fourth-order valence-corrected chi connectivity index (χ4v) is 2.42. The van der Waals surface area contributed by atoms with Gasteiger partial charge in [-0.3, -0.25) is 9.48 Å². The van der Waals surface area contributed by atoms with Crippen LogP contribution in [0.15, 0.2) is 6.20 Å². The molecular formula is C14H25N5O. The zero-order chi connectivity index (χ0) is 14.5. The van der Waals surface area contributed by atoms with E-state index in [1.165, 1.54) is 0 Å². The van der Waals surface area contributed by atoms with Gasteiger partial charge in [-0.15, -0.1) is 5.10 Å². The van der Waals surface area contributed by atoms with Gasteiger partial charge in [0.15, 0.2) is 5.69 Å². The summed E-state index contributed by atoms with van der Waals surface area (Å²) in [6, 6.07) is 0.690. The summed E-state index contributed by atoms with van der Waals surface area (Å²) in [5, 5.41) is 14.4. The molecule has 2 unspecified atom stereocenters. The van der Waals surface area contributed by atoms with Crippen molar-refractivity contribution >= 4 is 5.91 Å². The highest BCUT2D eigenvalue weighted by atomic mass is 16.2. The molecule has 0 aromatic carbocycles. The number of carbonyl (C=O) groups is 1. The minimum Gasteiger partial charge on any atom is -0.348 e. The van der Waals surface area contributed by atoms with E-state index in [0.717, 1.165) is 32.4 Å². The predicted octanol–water partition coefficient (Wildman–Crippen LogP) is 1.19. The van der Waals surface area contributed by atoms with E-state index in [0.29, 0.717) is 17.7 Å². The molecule has 0 bridgehead atoms. The Bertz CT molecular complexity index is 443. The van der Waals surface area contributed by atoms with Crippen molar-refractivity contribution in [3.63, 3.8) is 0 Å². The average Bonchev–Trinajstić information content (AvgIpc) is 2.85. The molecule has 2 heterocycles. The van der Waals surface area contributed by atoms with E-state index in [1.54, 1.807) is 10.9 Å². The monoisotopic (exact) mass is 279 g/mol. The van der Waals surface area contributed by atoms with Gasteiger partial charge in [0, 0.05) is 18.6 Å². The topological polar surface area (TPSA) is 71.8 Å². The Balaban J connectivity index is 1.86. The maximum absolute atomic E-state index is 12.1. The maximum atomic E-state index is 12.1. The van der Waals surface area contributed by atoms with Gasteiger partial charge in [-0.2, -0.15) is 0 Å². The Morgan fingerprint density at radius 1 is 1.60 bits per heavy atom. The summed E-state index contributed by atoms with van der Waals surface area (Å²) in [4.78, 5) is 12.1. The molecule has 0 radical (unpaired) electrons. The molecule has 1 aromatic heterocycles. The summed E-state index contributed by atoms with van der Waals surface area (Å²) >= 11 is 0. The second-order valence-electron chi connectivity index (χ2n) is 6.10. The van der Waals surface area contributed by atoms with Crippen LogP contribution < -0.4 is 10.6 Å². The molecule has 0 spiro atoms. The lowest BCUT2D eigenvalue weighted by Gasteiger charge is -2.28. The number of amides is 1. The molecule has 1 aliphatic rings. The number of aromatic nitrogens is 3. The van der Waals surface area contributed by atoms with Crippen molar-refractivity contribution < 1.29 is 4.79 Å². The van der Waals surface area contributed by atoms with Crippen molar-refractivity contribution in [1.29, 1.82) is 0 Å². The average molecular weight is 279 g/mol. The first-order valence-electron chi connectivity index (χ1n) is 7.49. The third-order valence-electron chi connectivity index (χ3n) is 3.67. The first-order valence-corrected chi connectivity index (χ1v) is 7.49. The van der Waals surface area contributed by atoms with Crippen LogP contribution in [0.4, 0.5) is 0 Å². The molecule has 1 amide bonds. The van der Waals surface area contributed by atoms with Gasteiger partial charge in [-0.25, -0.2) is 0 Å². The molecule has 1 aromatic rings. The van der Waals surface area contributed by atoms with Crippen molar-refractivity contribution in [2.75, 3.05) is 6.54 Å². The van der Waals surface area contributed by atoms with E-state index >= 15 is 0 Å². The normalized spacial score (nSPS) is 23.0. The zero-order valence-corrected chi connectivity index (χ0v) is 12.6. The Labute approximate surface area is 120 Å². The highest BCUT2D eigenvalue weighted by Crippen LogP contribution is 2.09. The van der Waals surface area contributed by atoms with E-state index < -0.39 is 0 Å². The third-order valence-corrected chi connectivity index (χ3v) is 3.67. The lowest BCUT2D eigenvalue weighted by atomic mass is 10.0. The number of rotatable bonds is 5. The van der Waals surface area contributed by atoms with Gasteiger partial charge < -0.3 is 10.6 Å². The smallest absolute Gasteiger partial charge is 0.273 e. The molecule has 1 fully saturated rings. The van der Waals surface area contributed by atoms with Crippen LogP contribution in [0.25, 0.3) is 0 Å². The Morgan fingerprint density at radius 3 is 3.10 bits per heavy atom. The van der Waals surface area contributed by atoms with Gasteiger partial charge in [-0.05, 0) is 38.6 Å². The predicted molar refractivity (Wildman–Crippen MR) is 77.4 cm³/mol. The number of nitrogens with one attached hydrogen (secondary N) is 2. The molecule has 1 saturated heterocycles. The number of aryl methyl sites for hydroxylation is 1. The lowest BCUT2D eigenvalue weighted by molar-refractivity contribution is 0.0920. The number of hydrogen-bond donors (Lipinski definition) is 2. The van der Waals surface area contributed by atoms with E-state index in [1.807, 2.05) is 0 Å². The zero-order valence-electron chi connectivity index (χ0n) is 12.6. The molecule has 2 atom stereocenters. The second kappa shape index (κ2) is 6.83. The summed E-state index contributed by atoms with van der Waals surface area (Å²) < 4.78 is 1.75. The van der Waals surface area contributed by atoms with Crippen molar-refractivity contribution in [3.8, 4) is 0 Å². The number of hydrogen-bond acceptors (Lipinski definition) is 4. The van der Waals surface area contributed by atoms with Crippen LogP contribution in [-0.2, 0) is 6.54 Å². The van der Waals surface area contributed by atoms with Gasteiger partial charge >= 0.3 is 0 Å². The molecule has 2 N–H and O–H groups in total. The van der Waals surface area contributed by atoms with Crippen LogP contribution in [0.2, 0.25) is 0 Å². The number of nitrogens with zero attached hydrogens (tertiary/aromatic N) is 3. The molecule has 1 aliphatic heterocycles. The Hall–Kier alpha value is -1.43. The van der Waals surface area contributed by atoms with Crippen molar-refractivity contribution in [2.24, 2.45) is 5.92 Å². The van der Waals surface area contributed by atoms with Crippen LogP contribution in [0.3, 0.4) is 0 Å². The van der Waals surface area contributed by atoms with E-state index in [2.05, 4.69) is 41.7 Å². The standard InChI is InChI=1S/C14H25N5O/c1-10(2)5-7-19-9-13(17-18-19)14(20)16-12-4-6-15-11(3)8-12/h9-12,15H,4-8H2,1-3H3,(H,16,20). The lowest BCUT2D eigenvalue weighted by Crippen LogP contribution is -2.46.